The molecule has 0 aliphatic rings. The highest BCUT2D eigenvalue weighted by molar-refractivity contribution is 6.15. The van der Waals surface area contributed by atoms with E-state index in [0.29, 0.717) is 22.3 Å². The summed E-state index contributed by atoms with van der Waals surface area (Å²) in [6, 6.07) is 7.57. The van der Waals surface area contributed by atoms with Crippen molar-refractivity contribution in [2.45, 2.75) is 33.6 Å². The Labute approximate surface area is 192 Å². The Kier molecular flexibility index (Phi) is 7.03. The molecule has 1 unspecified atom stereocenters. The molecule has 0 radical (unpaired) electrons. The maximum absolute atomic E-state index is 14.9. The number of nitrogens with zero attached hydrogens (tertiary/aromatic N) is 2. The van der Waals surface area contributed by atoms with Crippen LogP contribution in [0.25, 0.3) is 32.8 Å². The lowest BCUT2D eigenvalue weighted by molar-refractivity contribution is 0.383. The van der Waals surface area contributed by atoms with Crippen molar-refractivity contribution in [1.82, 2.24) is 14.9 Å². The van der Waals surface area contributed by atoms with Gasteiger partial charge in [0.05, 0.1) is 17.1 Å². The molecule has 0 fully saturated rings. The first-order chi connectivity index (χ1) is 15.7. The summed E-state index contributed by atoms with van der Waals surface area (Å²) in [4.78, 5) is 21.4. The second kappa shape index (κ2) is 9.58. The number of H-pyrrole nitrogens is 1. The lowest BCUT2D eigenvalue weighted by atomic mass is 9.92. The molecule has 4 aromatic rings. The number of hydrogen-bond donors (Lipinski definition) is 3. The molecule has 0 amide bonds. The molecule has 2 aromatic carbocycles. The highest BCUT2D eigenvalue weighted by Crippen LogP contribution is 2.43. The summed E-state index contributed by atoms with van der Waals surface area (Å²) in [5.74, 6) is -1.28. The summed E-state index contributed by atoms with van der Waals surface area (Å²) in [5.41, 5.74) is 1.80. The van der Waals surface area contributed by atoms with E-state index in [2.05, 4.69) is 21.8 Å². The van der Waals surface area contributed by atoms with Crippen molar-refractivity contribution in [2.24, 2.45) is 0 Å². The molecular weight excluding hydrogens is 421 g/mol. The van der Waals surface area contributed by atoms with Gasteiger partial charge in [-0.15, -0.1) is 0 Å². The molecule has 6 nitrogen and oxygen atoms in total. The number of rotatable bonds is 4. The maximum atomic E-state index is 14.9. The molecule has 0 saturated carbocycles. The summed E-state index contributed by atoms with van der Waals surface area (Å²) < 4.78 is 14.9. The number of hydrogen-bond acceptors (Lipinski definition) is 5. The van der Waals surface area contributed by atoms with Gasteiger partial charge < -0.3 is 20.1 Å². The first-order valence-electron chi connectivity index (χ1n) is 11.0. The highest BCUT2D eigenvalue weighted by atomic mass is 19.1. The van der Waals surface area contributed by atoms with Crippen LogP contribution in [-0.4, -0.2) is 45.7 Å². The number of pyridine rings is 2. The topological polar surface area (TPSA) is 89.5 Å². The van der Waals surface area contributed by atoms with Crippen molar-refractivity contribution < 1.29 is 14.6 Å². The fourth-order valence-corrected chi connectivity index (χ4v) is 4.22. The van der Waals surface area contributed by atoms with E-state index in [1.165, 1.54) is 19.3 Å². The predicted molar refractivity (Wildman–Crippen MR) is 132 cm³/mol. The van der Waals surface area contributed by atoms with E-state index >= 15 is 0 Å². The number of aromatic nitrogens is 2. The van der Waals surface area contributed by atoms with Crippen molar-refractivity contribution in [3.63, 3.8) is 0 Å². The van der Waals surface area contributed by atoms with Gasteiger partial charge in [0.1, 0.15) is 5.75 Å². The number of benzene rings is 2. The third-order valence-corrected chi connectivity index (χ3v) is 5.72. The maximum Gasteiger partial charge on any atom is 0.260 e. The van der Waals surface area contributed by atoms with E-state index in [4.69, 9.17) is 0 Å². The molecule has 2 heterocycles. The van der Waals surface area contributed by atoms with E-state index < -0.39 is 17.1 Å². The fraction of sp³-hybridized carbons (Fsp3) is 0.308. The van der Waals surface area contributed by atoms with Crippen LogP contribution in [0.3, 0.4) is 0 Å². The summed E-state index contributed by atoms with van der Waals surface area (Å²) in [5, 5.41) is 21.8. The van der Waals surface area contributed by atoms with Crippen LogP contribution in [0.15, 0.2) is 41.5 Å². The molecular formula is C26H30FN3O3. The molecule has 0 bridgehead atoms. The molecule has 33 heavy (non-hydrogen) atoms. The first-order valence-corrected chi connectivity index (χ1v) is 11.0. The van der Waals surface area contributed by atoms with Crippen molar-refractivity contribution in [2.75, 3.05) is 20.6 Å². The smallest absolute Gasteiger partial charge is 0.260 e. The minimum atomic E-state index is -0.796. The van der Waals surface area contributed by atoms with Gasteiger partial charge in [-0.1, -0.05) is 45.0 Å². The molecule has 0 saturated heterocycles. The number of aryl methyl sites for hydroxylation is 1. The normalized spacial score (nSPS) is 12.1. The van der Waals surface area contributed by atoms with Crippen molar-refractivity contribution >= 4 is 21.7 Å². The zero-order chi connectivity index (χ0) is 24.4. The summed E-state index contributed by atoms with van der Waals surface area (Å²) in [6.45, 7) is 8.49. The fourth-order valence-electron chi connectivity index (χ4n) is 4.22. The zero-order valence-electron chi connectivity index (χ0n) is 19.8. The average Bonchev–Trinajstić information content (AvgIpc) is 2.79. The van der Waals surface area contributed by atoms with Crippen molar-refractivity contribution in [1.29, 1.82) is 0 Å². The molecule has 174 valence electrons. The minimum absolute atomic E-state index is 0.0467. The van der Waals surface area contributed by atoms with Gasteiger partial charge >= 0.3 is 0 Å². The predicted octanol–water partition coefficient (Wildman–Crippen LogP) is 5.29. The van der Waals surface area contributed by atoms with Gasteiger partial charge in [-0.3, -0.25) is 9.78 Å². The third-order valence-electron chi connectivity index (χ3n) is 5.72. The molecule has 0 spiro atoms. The first kappa shape index (κ1) is 24.2. The third kappa shape index (κ3) is 4.28. The van der Waals surface area contributed by atoms with Crippen molar-refractivity contribution in [3.05, 3.63) is 64.0 Å². The number of phenolic OH excluding ortho intramolecular Hbond substituents is 1. The van der Waals surface area contributed by atoms with E-state index in [0.717, 1.165) is 12.1 Å². The van der Waals surface area contributed by atoms with Crippen LogP contribution in [0.1, 0.15) is 37.8 Å². The van der Waals surface area contributed by atoms with E-state index in [1.807, 2.05) is 52.2 Å². The molecule has 3 N–H and O–H groups in total. The van der Waals surface area contributed by atoms with Crippen LogP contribution < -0.4 is 5.56 Å². The number of phenols is 1. The molecule has 7 heteroatoms. The van der Waals surface area contributed by atoms with Gasteiger partial charge in [-0.05, 0) is 38.1 Å². The van der Waals surface area contributed by atoms with Crippen LogP contribution in [-0.2, 0) is 0 Å². The van der Waals surface area contributed by atoms with Crippen LogP contribution in [0.4, 0.5) is 4.39 Å². The van der Waals surface area contributed by atoms with E-state index in [9.17, 15) is 19.4 Å². The molecule has 4 rings (SSSR count). The highest BCUT2D eigenvalue weighted by Gasteiger charge is 2.23. The molecule has 0 aliphatic heterocycles. The SMILES string of the molecule is CC.Cc1c(F)c(O)c(-c2ccc(C(C)CN(C)C)cc2)c2c1[nH]c(=O)c1c(O)cncc12. The van der Waals surface area contributed by atoms with Gasteiger partial charge in [0.2, 0.25) is 0 Å². The second-order valence-electron chi connectivity index (χ2n) is 8.23. The standard InChI is InChI=1S/C24H24FN3O3.C2H6/c1-12(11-28(3)4)14-5-7-15(8-6-14)18-20-16-9-26-10-17(29)19(16)24(31)27-22(20)13(2)21(25)23(18)30;1-2/h5-10,12,29-30H,11H2,1-4H3,(H,27,31);1-2H3. The van der Waals surface area contributed by atoms with Gasteiger partial charge in [0.25, 0.3) is 5.56 Å². The lowest BCUT2D eigenvalue weighted by Gasteiger charge is -2.18. The molecule has 2 aromatic heterocycles. The number of nitrogens with one attached hydrogen (secondary N) is 1. The lowest BCUT2D eigenvalue weighted by Crippen LogP contribution is -2.18. The van der Waals surface area contributed by atoms with E-state index in [-0.39, 0.29) is 27.8 Å². The van der Waals surface area contributed by atoms with Gasteiger partial charge in [-0.2, -0.15) is 0 Å². The Balaban J connectivity index is 0.00000149. The Hall–Kier alpha value is -3.45. The van der Waals surface area contributed by atoms with Gasteiger partial charge in [-0.25, -0.2) is 4.39 Å². The Morgan fingerprint density at radius 2 is 1.73 bits per heavy atom. The van der Waals surface area contributed by atoms with Gasteiger partial charge in [0, 0.05) is 34.6 Å². The quantitative estimate of drug-likeness (QED) is 0.367. The number of aromatic hydroxyl groups is 2. The second-order valence-corrected chi connectivity index (χ2v) is 8.23. The Morgan fingerprint density at radius 1 is 1.09 bits per heavy atom. The Bertz CT molecular complexity index is 1360. The molecule has 1 atom stereocenters. The number of aromatic amines is 1. The average molecular weight is 452 g/mol. The summed E-state index contributed by atoms with van der Waals surface area (Å²) in [6.07, 6.45) is 2.63. The number of fused-ring (bicyclic) bond motifs is 3. The summed E-state index contributed by atoms with van der Waals surface area (Å²) >= 11 is 0. The number of halogens is 1. The van der Waals surface area contributed by atoms with Crippen LogP contribution in [0.2, 0.25) is 0 Å². The monoisotopic (exact) mass is 451 g/mol. The summed E-state index contributed by atoms with van der Waals surface area (Å²) in [7, 11) is 4.03. The minimum Gasteiger partial charge on any atom is -0.505 e. The van der Waals surface area contributed by atoms with Gasteiger partial charge in [0.15, 0.2) is 11.6 Å². The van der Waals surface area contributed by atoms with Crippen LogP contribution in [0, 0.1) is 12.7 Å². The number of likely N-dealkylation sites (N-methyl/N-ethyl adjacent to an activating group) is 1. The Morgan fingerprint density at radius 3 is 2.33 bits per heavy atom. The van der Waals surface area contributed by atoms with Crippen LogP contribution >= 0.6 is 0 Å². The largest absolute Gasteiger partial charge is 0.505 e. The van der Waals surface area contributed by atoms with Crippen molar-refractivity contribution in [3.8, 4) is 22.6 Å². The van der Waals surface area contributed by atoms with Crippen LogP contribution in [0.5, 0.6) is 11.5 Å². The zero-order valence-corrected chi connectivity index (χ0v) is 19.8. The molecule has 0 aliphatic carbocycles. The van der Waals surface area contributed by atoms with E-state index in [1.54, 1.807) is 0 Å².